The summed E-state index contributed by atoms with van der Waals surface area (Å²) in [5.74, 6) is 1.38. The Bertz CT molecular complexity index is 666. The van der Waals surface area contributed by atoms with Crippen LogP contribution in [0.1, 0.15) is 51.0 Å². The standard InChI is InChI=1S/C20H34N6O2/c1-4-5-6-18-24-14(2)11-19(25-18)22-9-10-23-20(28)16-7-8-17(21)13-26(12-16)15(3)27/h11,16-17H,4-10,12-13,21H2,1-3H3,(H,23,28)(H,22,24,25)/t16-,17+/m1/s1. The van der Waals surface area contributed by atoms with E-state index in [1.54, 1.807) is 4.90 Å². The molecule has 0 aromatic carbocycles. The minimum atomic E-state index is -0.209. The van der Waals surface area contributed by atoms with Gasteiger partial charge in [-0.3, -0.25) is 9.59 Å². The van der Waals surface area contributed by atoms with Gasteiger partial charge in [-0.15, -0.1) is 0 Å². The van der Waals surface area contributed by atoms with Crippen LogP contribution in [0.15, 0.2) is 6.07 Å². The number of nitrogens with one attached hydrogen (secondary N) is 2. The molecule has 1 fully saturated rings. The number of anilines is 1. The highest BCUT2D eigenvalue weighted by atomic mass is 16.2. The molecule has 8 nitrogen and oxygen atoms in total. The molecule has 2 atom stereocenters. The number of aromatic nitrogens is 2. The Morgan fingerprint density at radius 3 is 2.75 bits per heavy atom. The van der Waals surface area contributed by atoms with E-state index in [1.807, 2.05) is 13.0 Å². The van der Waals surface area contributed by atoms with Crippen LogP contribution in [0.5, 0.6) is 0 Å². The number of hydrogen-bond donors (Lipinski definition) is 3. The first-order valence-corrected chi connectivity index (χ1v) is 10.3. The first-order chi connectivity index (χ1) is 13.4. The van der Waals surface area contributed by atoms with Crippen LogP contribution < -0.4 is 16.4 Å². The fourth-order valence-electron chi connectivity index (χ4n) is 3.38. The van der Waals surface area contributed by atoms with E-state index in [1.165, 1.54) is 6.92 Å². The third-order valence-electron chi connectivity index (χ3n) is 4.98. The molecule has 0 radical (unpaired) electrons. The summed E-state index contributed by atoms with van der Waals surface area (Å²) in [6.45, 7) is 7.67. The van der Waals surface area contributed by atoms with Crippen LogP contribution in [-0.2, 0) is 16.0 Å². The van der Waals surface area contributed by atoms with Gasteiger partial charge >= 0.3 is 0 Å². The number of rotatable bonds is 8. The molecule has 1 aliphatic rings. The molecule has 8 heteroatoms. The smallest absolute Gasteiger partial charge is 0.224 e. The summed E-state index contributed by atoms with van der Waals surface area (Å²) in [5, 5.41) is 6.22. The van der Waals surface area contributed by atoms with E-state index >= 15 is 0 Å². The number of unbranched alkanes of at least 4 members (excludes halogenated alkanes) is 1. The van der Waals surface area contributed by atoms with Crippen LogP contribution in [0.2, 0.25) is 0 Å². The van der Waals surface area contributed by atoms with Gasteiger partial charge in [0.2, 0.25) is 11.8 Å². The van der Waals surface area contributed by atoms with Gasteiger partial charge in [-0.05, 0) is 26.2 Å². The molecular formula is C20H34N6O2. The third kappa shape index (κ3) is 7.07. The summed E-state index contributed by atoms with van der Waals surface area (Å²) in [7, 11) is 0. The molecule has 0 spiro atoms. The average molecular weight is 391 g/mol. The fraction of sp³-hybridized carbons (Fsp3) is 0.700. The molecule has 0 saturated carbocycles. The average Bonchev–Trinajstić information content (AvgIpc) is 2.85. The van der Waals surface area contributed by atoms with Gasteiger partial charge in [0.15, 0.2) is 0 Å². The van der Waals surface area contributed by atoms with Gasteiger partial charge in [-0.2, -0.15) is 0 Å². The van der Waals surface area contributed by atoms with E-state index in [0.717, 1.165) is 43.0 Å². The van der Waals surface area contributed by atoms with Crippen molar-refractivity contribution in [1.82, 2.24) is 20.2 Å². The Labute approximate surface area is 167 Å². The lowest BCUT2D eigenvalue weighted by Gasteiger charge is -2.23. The monoisotopic (exact) mass is 390 g/mol. The number of hydrogen-bond acceptors (Lipinski definition) is 6. The molecule has 4 N–H and O–H groups in total. The number of nitrogens with two attached hydrogens (primary N) is 1. The van der Waals surface area contributed by atoms with Crippen LogP contribution in [0.25, 0.3) is 0 Å². The molecule has 2 heterocycles. The fourth-order valence-corrected chi connectivity index (χ4v) is 3.38. The Morgan fingerprint density at radius 2 is 2.04 bits per heavy atom. The number of aryl methyl sites for hydroxylation is 2. The largest absolute Gasteiger partial charge is 0.368 e. The Balaban J connectivity index is 1.80. The molecular weight excluding hydrogens is 356 g/mol. The van der Waals surface area contributed by atoms with E-state index in [-0.39, 0.29) is 23.8 Å². The van der Waals surface area contributed by atoms with Gasteiger partial charge in [0.1, 0.15) is 11.6 Å². The van der Waals surface area contributed by atoms with Crippen LogP contribution in [0.3, 0.4) is 0 Å². The normalized spacial score (nSPS) is 19.8. The second-order valence-corrected chi connectivity index (χ2v) is 7.59. The van der Waals surface area contributed by atoms with Crippen molar-refractivity contribution in [1.29, 1.82) is 0 Å². The van der Waals surface area contributed by atoms with E-state index in [4.69, 9.17) is 5.73 Å². The molecule has 1 aliphatic heterocycles. The molecule has 1 saturated heterocycles. The molecule has 1 aromatic heterocycles. The maximum atomic E-state index is 12.5. The SMILES string of the molecule is CCCCc1nc(C)cc(NCCNC(=O)[C@@H]2CC[C@H](N)CN(C(C)=O)C2)n1. The van der Waals surface area contributed by atoms with Crippen LogP contribution in [-0.4, -0.2) is 58.9 Å². The van der Waals surface area contributed by atoms with Gasteiger partial charge in [0, 0.05) is 57.3 Å². The maximum Gasteiger partial charge on any atom is 0.224 e. The minimum absolute atomic E-state index is 0.0235. The van der Waals surface area contributed by atoms with Gasteiger partial charge in [-0.1, -0.05) is 13.3 Å². The molecule has 2 rings (SSSR count). The summed E-state index contributed by atoms with van der Waals surface area (Å²) >= 11 is 0. The van der Waals surface area contributed by atoms with Crippen molar-refractivity contribution in [3.63, 3.8) is 0 Å². The van der Waals surface area contributed by atoms with Gasteiger partial charge < -0.3 is 21.3 Å². The van der Waals surface area contributed by atoms with E-state index in [9.17, 15) is 9.59 Å². The van der Waals surface area contributed by atoms with Crippen molar-refractivity contribution >= 4 is 17.6 Å². The topological polar surface area (TPSA) is 113 Å². The highest BCUT2D eigenvalue weighted by molar-refractivity contribution is 5.80. The second kappa shape index (κ2) is 10.9. The summed E-state index contributed by atoms with van der Waals surface area (Å²) in [4.78, 5) is 34.9. The molecule has 1 aromatic rings. The molecule has 156 valence electrons. The number of likely N-dealkylation sites (tertiary alicyclic amines) is 1. The summed E-state index contributed by atoms with van der Waals surface area (Å²) in [5.41, 5.74) is 6.96. The van der Waals surface area contributed by atoms with Crippen molar-refractivity contribution in [3.05, 3.63) is 17.6 Å². The quantitative estimate of drug-likeness (QED) is 0.576. The highest BCUT2D eigenvalue weighted by Crippen LogP contribution is 2.16. The van der Waals surface area contributed by atoms with E-state index in [2.05, 4.69) is 27.5 Å². The number of carbonyl (C=O) groups is 2. The zero-order valence-corrected chi connectivity index (χ0v) is 17.3. The number of amides is 2. The zero-order chi connectivity index (χ0) is 20.5. The molecule has 28 heavy (non-hydrogen) atoms. The summed E-state index contributed by atoms with van der Waals surface area (Å²) < 4.78 is 0. The Hall–Kier alpha value is -2.22. The number of nitrogens with zero attached hydrogens (tertiary/aromatic N) is 3. The van der Waals surface area contributed by atoms with Crippen molar-refractivity contribution < 1.29 is 9.59 Å². The predicted molar refractivity (Wildman–Crippen MR) is 110 cm³/mol. The molecule has 0 aliphatic carbocycles. The Kier molecular flexibility index (Phi) is 8.63. The Morgan fingerprint density at radius 1 is 1.25 bits per heavy atom. The molecule has 0 bridgehead atoms. The maximum absolute atomic E-state index is 12.5. The lowest BCUT2D eigenvalue weighted by Crippen LogP contribution is -2.42. The van der Waals surface area contributed by atoms with Crippen LogP contribution >= 0.6 is 0 Å². The number of carbonyl (C=O) groups excluding carboxylic acids is 2. The first kappa shape index (κ1) is 22.1. The molecule has 0 unspecified atom stereocenters. The van der Waals surface area contributed by atoms with E-state index < -0.39 is 0 Å². The lowest BCUT2D eigenvalue weighted by atomic mass is 10.0. The first-order valence-electron chi connectivity index (χ1n) is 10.3. The van der Waals surface area contributed by atoms with Crippen molar-refractivity contribution in [2.45, 2.75) is 58.9 Å². The second-order valence-electron chi connectivity index (χ2n) is 7.59. The van der Waals surface area contributed by atoms with Crippen molar-refractivity contribution in [2.75, 3.05) is 31.5 Å². The van der Waals surface area contributed by atoms with Crippen molar-refractivity contribution in [2.24, 2.45) is 11.7 Å². The van der Waals surface area contributed by atoms with Gasteiger partial charge in [0.25, 0.3) is 0 Å². The highest BCUT2D eigenvalue weighted by Gasteiger charge is 2.28. The van der Waals surface area contributed by atoms with Crippen molar-refractivity contribution in [3.8, 4) is 0 Å². The zero-order valence-electron chi connectivity index (χ0n) is 17.3. The summed E-state index contributed by atoms with van der Waals surface area (Å²) in [6.07, 6.45) is 4.51. The van der Waals surface area contributed by atoms with E-state index in [0.29, 0.717) is 32.6 Å². The third-order valence-corrected chi connectivity index (χ3v) is 4.98. The van der Waals surface area contributed by atoms with Gasteiger partial charge in [-0.25, -0.2) is 9.97 Å². The summed E-state index contributed by atoms with van der Waals surface area (Å²) in [6, 6.07) is 1.85. The van der Waals surface area contributed by atoms with Crippen LogP contribution in [0, 0.1) is 12.8 Å². The predicted octanol–water partition coefficient (Wildman–Crippen LogP) is 1.24. The van der Waals surface area contributed by atoms with Gasteiger partial charge in [0.05, 0.1) is 5.92 Å². The minimum Gasteiger partial charge on any atom is -0.368 e. The lowest BCUT2D eigenvalue weighted by molar-refractivity contribution is -0.131. The molecule has 2 amide bonds. The van der Waals surface area contributed by atoms with Crippen LogP contribution in [0.4, 0.5) is 5.82 Å².